The molecular formula is C21H27N3O. The average Bonchev–Trinajstić information content (AvgIpc) is 2.70. The predicted octanol–water partition coefficient (Wildman–Crippen LogP) is 3.62. The quantitative estimate of drug-likeness (QED) is 0.754. The van der Waals surface area contributed by atoms with Crippen LogP contribution in [0.3, 0.4) is 0 Å². The Bertz CT molecular complexity index is 689. The standard InChI is InChI=1S/C21H27N3O/c1-3-19(4-2)23-12-14-24(15-13-23)20-16-18(10-11-22-20)21(25)17-8-6-5-7-9-17/h5-11,16,19H,3-4,12-15H2,1-2H3. The summed E-state index contributed by atoms with van der Waals surface area (Å²) in [6, 6.07) is 13.9. The summed E-state index contributed by atoms with van der Waals surface area (Å²) in [5.41, 5.74) is 1.43. The number of ketones is 1. The van der Waals surface area contributed by atoms with Crippen LogP contribution in [0.2, 0.25) is 0 Å². The van der Waals surface area contributed by atoms with Crippen molar-refractivity contribution in [1.82, 2.24) is 9.88 Å². The van der Waals surface area contributed by atoms with Crippen molar-refractivity contribution in [3.05, 3.63) is 59.8 Å². The van der Waals surface area contributed by atoms with Gasteiger partial charge in [-0.3, -0.25) is 9.69 Å². The highest BCUT2D eigenvalue weighted by Crippen LogP contribution is 2.19. The minimum atomic E-state index is 0.0555. The van der Waals surface area contributed by atoms with Crippen LogP contribution in [0.25, 0.3) is 0 Å². The fourth-order valence-electron chi connectivity index (χ4n) is 3.61. The second-order valence-corrected chi connectivity index (χ2v) is 6.59. The zero-order valence-electron chi connectivity index (χ0n) is 15.2. The molecule has 1 aliphatic heterocycles. The fourth-order valence-corrected chi connectivity index (χ4v) is 3.61. The van der Waals surface area contributed by atoms with Gasteiger partial charge in [-0.15, -0.1) is 0 Å². The molecular weight excluding hydrogens is 310 g/mol. The van der Waals surface area contributed by atoms with Gasteiger partial charge in [0, 0.05) is 49.5 Å². The molecule has 0 spiro atoms. The third-order valence-corrected chi connectivity index (χ3v) is 5.14. The van der Waals surface area contributed by atoms with E-state index in [0.717, 1.165) is 37.6 Å². The van der Waals surface area contributed by atoms with Gasteiger partial charge in [0.05, 0.1) is 0 Å². The highest BCUT2D eigenvalue weighted by Gasteiger charge is 2.22. The molecule has 2 aromatic rings. The number of pyridine rings is 1. The Morgan fingerprint density at radius 3 is 2.32 bits per heavy atom. The number of hydrogen-bond donors (Lipinski definition) is 0. The van der Waals surface area contributed by atoms with Crippen molar-refractivity contribution in [3.63, 3.8) is 0 Å². The first kappa shape index (κ1) is 17.6. The summed E-state index contributed by atoms with van der Waals surface area (Å²) in [5, 5.41) is 0. The van der Waals surface area contributed by atoms with Crippen LogP contribution in [0, 0.1) is 0 Å². The summed E-state index contributed by atoms with van der Waals surface area (Å²) in [5.74, 6) is 0.964. The van der Waals surface area contributed by atoms with Crippen molar-refractivity contribution < 1.29 is 4.79 Å². The zero-order chi connectivity index (χ0) is 17.6. The van der Waals surface area contributed by atoms with E-state index in [1.165, 1.54) is 12.8 Å². The largest absolute Gasteiger partial charge is 0.354 e. The maximum Gasteiger partial charge on any atom is 0.193 e. The summed E-state index contributed by atoms with van der Waals surface area (Å²) >= 11 is 0. The normalized spacial score (nSPS) is 15.6. The summed E-state index contributed by atoms with van der Waals surface area (Å²) in [4.78, 5) is 22.0. The molecule has 0 amide bonds. The number of piperazine rings is 1. The van der Waals surface area contributed by atoms with Crippen LogP contribution < -0.4 is 4.90 Å². The van der Waals surface area contributed by atoms with Crippen molar-refractivity contribution >= 4 is 11.6 Å². The third kappa shape index (κ3) is 4.07. The van der Waals surface area contributed by atoms with Gasteiger partial charge in [0.15, 0.2) is 5.78 Å². The Hall–Kier alpha value is -2.20. The maximum atomic E-state index is 12.6. The number of aromatic nitrogens is 1. The van der Waals surface area contributed by atoms with Gasteiger partial charge in [0.1, 0.15) is 5.82 Å². The average molecular weight is 337 g/mol. The first-order valence-electron chi connectivity index (χ1n) is 9.27. The Kier molecular flexibility index (Phi) is 5.82. The van der Waals surface area contributed by atoms with Gasteiger partial charge in [-0.2, -0.15) is 0 Å². The van der Waals surface area contributed by atoms with E-state index < -0.39 is 0 Å². The minimum absolute atomic E-state index is 0.0555. The van der Waals surface area contributed by atoms with E-state index in [2.05, 4.69) is 28.6 Å². The number of nitrogens with zero attached hydrogens (tertiary/aromatic N) is 3. The molecule has 1 aliphatic rings. The van der Waals surface area contributed by atoms with Gasteiger partial charge in [-0.25, -0.2) is 4.98 Å². The first-order chi connectivity index (χ1) is 12.2. The predicted molar refractivity (Wildman–Crippen MR) is 102 cm³/mol. The first-order valence-corrected chi connectivity index (χ1v) is 9.27. The lowest BCUT2D eigenvalue weighted by Gasteiger charge is -2.39. The summed E-state index contributed by atoms with van der Waals surface area (Å²) < 4.78 is 0. The molecule has 1 fully saturated rings. The molecule has 1 saturated heterocycles. The molecule has 0 unspecified atom stereocenters. The number of hydrogen-bond acceptors (Lipinski definition) is 4. The molecule has 0 radical (unpaired) electrons. The second kappa shape index (κ2) is 8.26. The Morgan fingerprint density at radius 2 is 1.68 bits per heavy atom. The van der Waals surface area contributed by atoms with Crippen LogP contribution >= 0.6 is 0 Å². The van der Waals surface area contributed by atoms with Crippen LogP contribution in [0.15, 0.2) is 48.7 Å². The molecule has 25 heavy (non-hydrogen) atoms. The van der Waals surface area contributed by atoms with Gasteiger partial charge < -0.3 is 4.90 Å². The van der Waals surface area contributed by atoms with E-state index in [-0.39, 0.29) is 5.78 Å². The van der Waals surface area contributed by atoms with E-state index in [9.17, 15) is 4.79 Å². The van der Waals surface area contributed by atoms with Crippen molar-refractivity contribution in [3.8, 4) is 0 Å². The second-order valence-electron chi connectivity index (χ2n) is 6.59. The smallest absolute Gasteiger partial charge is 0.193 e. The summed E-state index contributed by atoms with van der Waals surface area (Å²) in [6.07, 6.45) is 4.16. The van der Waals surface area contributed by atoms with Crippen molar-refractivity contribution in [2.24, 2.45) is 0 Å². The molecule has 0 atom stereocenters. The topological polar surface area (TPSA) is 36.4 Å². The van der Waals surface area contributed by atoms with Crippen LogP contribution in [0.5, 0.6) is 0 Å². The molecule has 1 aromatic carbocycles. The molecule has 3 rings (SSSR count). The Labute approximate surface area is 150 Å². The SMILES string of the molecule is CCC(CC)N1CCN(c2cc(C(=O)c3ccccc3)ccn2)CC1. The van der Waals surface area contributed by atoms with Gasteiger partial charge in [-0.05, 0) is 25.0 Å². The van der Waals surface area contributed by atoms with Crippen LogP contribution in [0.4, 0.5) is 5.82 Å². The molecule has 0 aliphatic carbocycles. The third-order valence-electron chi connectivity index (χ3n) is 5.14. The monoisotopic (exact) mass is 337 g/mol. The van der Waals surface area contributed by atoms with Gasteiger partial charge in [-0.1, -0.05) is 44.2 Å². The molecule has 0 N–H and O–H groups in total. The van der Waals surface area contributed by atoms with E-state index in [0.29, 0.717) is 11.6 Å². The number of benzene rings is 1. The molecule has 0 saturated carbocycles. The van der Waals surface area contributed by atoms with E-state index >= 15 is 0 Å². The Morgan fingerprint density at radius 1 is 1.00 bits per heavy atom. The summed E-state index contributed by atoms with van der Waals surface area (Å²) in [6.45, 7) is 8.58. The molecule has 2 heterocycles. The van der Waals surface area contributed by atoms with Crippen LogP contribution in [-0.4, -0.2) is 47.9 Å². The van der Waals surface area contributed by atoms with Crippen molar-refractivity contribution in [1.29, 1.82) is 0 Å². The van der Waals surface area contributed by atoms with E-state index in [1.54, 1.807) is 12.3 Å². The lowest BCUT2D eigenvalue weighted by atomic mass is 10.0. The van der Waals surface area contributed by atoms with Crippen LogP contribution in [0.1, 0.15) is 42.6 Å². The molecule has 1 aromatic heterocycles. The maximum absolute atomic E-state index is 12.6. The number of rotatable bonds is 6. The van der Waals surface area contributed by atoms with Gasteiger partial charge >= 0.3 is 0 Å². The Balaban J connectivity index is 1.70. The molecule has 132 valence electrons. The molecule has 0 bridgehead atoms. The highest BCUT2D eigenvalue weighted by atomic mass is 16.1. The molecule has 4 heteroatoms. The number of carbonyl (C=O) groups excluding carboxylic acids is 1. The lowest BCUT2D eigenvalue weighted by Crippen LogP contribution is -2.50. The molecule has 4 nitrogen and oxygen atoms in total. The van der Waals surface area contributed by atoms with Crippen LogP contribution in [-0.2, 0) is 0 Å². The minimum Gasteiger partial charge on any atom is -0.354 e. The summed E-state index contributed by atoms with van der Waals surface area (Å²) in [7, 11) is 0. The van der Waals surface area contributed by atoms with E-state index in [4.69, 9.17) is 0 Å². The lowest BCUT2D eigenvalue weighted by molar-refractivity contribution is 0.103. The van der Waals surface area contributed by atoms with Crippen molar-refractivity contribution in [2.45, 2.75) is 32.7 Å². The zero-order valence-corrected chi connectivity index (χ0v) is 15.2. The number of anilines is 1. The number of carbonyl (C=O) groups is 1. The van der Waals surface area contributed by atoms with Gasteiger partial charge in [0.25, 0.3) is 0 Å². The highest BCUT2D eigenvalue weighted by molar-refractivity contribution is 6.09. The fraction of sp³-hybridized carbons (Fsp3) is 0.429. The van der Waals surface area contributed by atoms with Gasteiger partial charge in [0.2, 0.25) is 0 Å². The van der Waals surface area contributed by atoms with Crippen molar-refractivity contribution in [2.75, 3.05) is 31.1 Å². The van der Waals surface area contributed by atoms with E-state index in [1.807, 2.05) is 36.4 Å².